The van der Waals surface area contributed by atoms with Crippen LogP contribution in [0.4, 0.5) is 4.39 Å². The van der Waals surface area contributed by atoms with Gasteiger partial charge in [0, 0.05) is 13.0 Å². The van der Waals surface area contributed by atoms with Crippen molar-refractivity contribution in [3.8, 4) is 5.75 Å². The van der Waals surface area contributed by atoms with Crippen LogP contribution in [0.15, 0.2) is 18.2 Å². The first-order valence-corrected chi connectivity index (χ1v) is 9.45. The number of halogens is 1. The average molecular weight is 376 g/mol. The number of carbonyl (C=O) groups is 2. The van der Waals surface area contributed by atoms with Crippen molar-refractivity contribution < 1.29 is 23.5 Å². The summed E-state index contributed by atoms with van der Waals surface area (Å²) >= 11 is 0. The maximum atomic E-state index is 13.9. The third-order valence-electron chi connectivity index (χ3n) is 6.15. The first-order chi connectivity index (χ1) is 12.9. The van der Waals surface area contributed by atoms with Crippen molar-refractivity contribution in [3.05, 3.63) is 29.6 Å². The van der Waals surface area contributed by atoms with Gasteiger partial charge in [-0.15, -0.1) is 0 Å². The fourth-order valence-electron chi connectivity index (χ4n) is 4.76. The number of rotatable bonds is 4. The summed E-state index contributed by atoms with van der Waals surface area (Å²) in [5.74, 6) is -0.0692. The van der Waals surface area contributed by atoms with Crippen molar-refractivity contribution in [1.29, 1.82) is 0 Å². The Morgan fingerprint density at radius 2 is 2.22 bits per heavy atom. The van der Waals surface area contributed by atoms with Crippen LogP contribution in [-0.4, -0.2) is 59.7 Å². The summed E-state index contributed by atoms with van der Waals surface area (Å²) in [6.45, 7) is 5.25. The van der Waals surface area contributed by atoms with Gasteiger partial charge in [0.05, 0.1) is 38.6 Å². The van der Waals surface area contributed by atoms with Crippen LogP contribution in [0.25, 0.3) is 0 Å². The zero-order chi connectivity index (χ0) is 19.3. The van der Waals surface area contributed by atoms with E-state index in [0.717, 1.165) is 0 Å². The van der Waals surface area contributed by atoms with Gasteiger partial charge in [0.2, 0.25) is 11.8 Å². The topological polar surface area (TPSA) is 59.1 Å². The standard InChI is InChI=1S/C20H25FN2O4/c1-12(2)15-11-27-20-6-7-22(17(20)10-19(25)23(15)20)18(24)9-13-4-5-16(26-3)14(21)8-13/h4-5,8,12,15,17H,6-7,9-11H2,1-3H3/t15-,17+,20-/m0/s1. The molecular weight excluding hydrogens is 351 g/mol. The van der Waals surface area contributed by atoms with Crippen LogP contribution < -0.4 is 4.74 Å². The number of likely N-dealkylation sites (tertiary alicyclic amines) is 1. The number of hydrogen-bond acceptors (Lipinski definition) is 4. The van der Waals surface area contributed by atoms with E-state index in [1.54, 1.807) is 11.0 Å². The summed E-state index contributed by atoms with van der Waals surface area (Å²) in [5, 5.41) is 0. The van der Waals surface area contributed by atoms with Crippen LogP contribution in [0.3, 0.4) is 0 Å². The minimum Gasteiger partial charge on any atom is -0.494 e. The van der Waals surface area contributed by atoms with Gasteiger partial charge < -0.3 is 19.3 Å². The first kappa shape index (κ1) is 18.2. The molecule has 146 valence electrons. The van der Waals surface area contributed by atoms with E-state index in [1.807, 2.05) is 4.90 Å². The van der Waals surface area contributed by atoms with Crippen LogP contribution in [0.5, 0.6) is 5.75 Å². The summed E-state index contributed by atoms with van der Waals surface area (Å²) in [5.41, 5.74) is -0.0832. The molecule has 0 aromatic heterocycles. The Kier molecular flexibility index (Phi) is 4.37. The molecule has 3 fully saturated rings. The van der Waals surface area contributed by atoms with Gasteiger partial charge in [-0.1, -0.05) is 19.9 Å². The van der Waals surface area contributed by atoms with Gasteiger partial charge in [-0.3, -0.25) is 9.59 Å². The zero-order valence-electron chi connectivity index (χ0n) is 15.9. The highest BCUT2D eigenvalue weighted by Crippen LogP contribution is 2.48. The normalized spacial score (nSPS) is 29.4. The fourth-order valence-corrected chi connectivity index (χ4v) is 4.76. The monoisotopic (exact) mass is 376 g/mol. The summed E-state index contributed by atoms with van der Waals surface area (Å²) in [6, 6.07) is 4.35. The Morgan fingerprint density at radius 3 is 2.89 bits per heavy atom. The maximum absolute atomic E-state index is 13.9. The van der Waals surface area contributed by atoms with E-state index in [9.17, 15) is 14.0 Å². The maximum Gasteiger partial charge on any atom is 0.227 e. The molecule has 2 amide bonds. The molecule has 3 aliphatic rings. The molecule has 3 atom stereocenters. The number of ether oxygens (including phenoxy) is 2. The first-order valence-electron chi connectivity index (χ1n) is 9.45. The lowest BCUT2D eigenvalue weighted by atomic mass is 10.0. The summed E-state index contributed by atoms with van der Waals surface area (Å²) in [6.07, 6.45) is 1.02. The largest absolute Gasteiger partial charge is 0.494 e. The number of carbonyl (C=O) groups excluding carboxylic acids is 2. The zero-order valence-corrected chi connectivity index (χ0v) is 15.9. The molecule has 0 radical (unpaired) electrons. The second-order valence-electron chi connectivity index (χ2n) is 7.93. The molecule has 0 bridgehead atoms. The molecular formula is C20H25FN2O4. The van der Waals surface area contributed by atoms with Gasteiger partial charge in [-0.05, 0) is 23.6 Å². The molecule has 27 heavy (non-hydrogen) atoms. The van der Waals surface area contributed by atoms with Gasteiger partial charge in [0.1, 0.15) is 0 Å². The van der Waals surface area contributed by atoms with Gasteiger partial charge in [0.15, 0.2) is 17.3 Å². The van der Waals surface area contributed by atoms with Crippen LogP contribution in [0.1, 0.15) is 32.3 Å². The van der Waals surface area contributed by atoms with Crippen molar-refractivity contribution in [2.24, 2.45) is 5.92 Å². The van der Waals surface area contributed by atoms with Crippen molar-refractivity contribution in [2.75, 3.05) is 20.3 Å². The molecule has 7 heteroatoms. The second kappa shape index (κ2) is 6.48. The minimum atomic E-state index is -0.674. The second-order valence-corrected chi connectivity index (χ2v) is 7.93. The number of amides is 2. The third kappa shape index (κ3) is 2.71. The molecule has 1 aromatic rings. The Bertz CT molecular complexity index is 783. The van der Waals surface area contributed by atoms with Crippen molar-refractivity contribution in [2.45, 2.75) is 50.9 Å². The van der Waals surface area contributed by atoms with Gasteiger partial charge in [-0.25, -0.2) is 4.39 Å². The van der Waals surface area contributed by atoms with Crippen molar-refractivity contribution >= 4 is 11.8 Å². The Hall–Kier alpha value is -2.15. The molecule has 3 heterocycles. The summed E-state index contributed by atoms with van der Waals surface area (Å²) in [4.78, 5) is 29.2. The molecule has 1 spiro atoms. The predicted molar refractivity (Wildman–Crippen MR) is 95.5 cm³/mol. The van der Waals surface area contributed by atoms with E-state index in [0.29, 0.717) is 37.5 Å². The molecule has 0 N–H and O–H groups in total. The number of benzene rings is 1. The lowest BCUT2D eigenvalue weighted by Gasteiger charge is -2.34. The molecule has 1 aromatic carbocycles. The summed E-state index contributed by atoms with van der Waals surface area (Å²) < 4.78 is 25.0. The highest BCUT2D eigenvalue weighted by Gasteiger charge is 2.65. The summed E-state index contributed by atoms with van der Waals surface area (Å²) in [7, 11) is 1.40. The van der Waals surface area contributed by atoms with Crippen molar-refractivity contribution in [1.82, 2.24) is 9.80 Å². The van der Waals surface area contributed by atoms with E-state index in [1.165, 1.54) is 19.2 Å². The van der Waals surface area contributed by atoms with Gasteiger partial charge in [0.25, 0.3) is 0 Å². The molecule has 3 aliphatic heterocycles. The number of methoxy groups -OCH3 is 1. The number of hydrogen-bond donors (Lipinski definition) is 0. The minimum absolute atomic E-state index is 0.0594. The van der Waals surface area contributed by atoms with E-state index in [-0.39, 0.29) is 36.1 Å². The third-order valence-corrected chi connectivity index (χ3v) is 6.15. The van der Waals surface area contributed by atoms with E-state index in [2.05, 4.69) is 13.8 Å². The lowest BCUT2D eigenvalue weighted by Crippen LogP contribution is -2.51. The molecule has 6 nitrogen and oxygen atoms in total. The quantitative estimate of drug-likeness (QED) is 0.806. The Labute approximate surface area is 158 Å². The molecule has 0 aliphatic carbocycles. The van der Waals surface area contributed by atoms with Crippen molar-refractivity contribution in [3.63, 3.8) is 0 Å². The van der Waals surface area contributed by atoms with Crippen LogP contribution in [-0.2, 0) is 20.7 Å². The molecule has 3 saturated heterocycles. The molecule has 0 saturated carbocycles. The Balaban J connectivity index is 1.52. The SMILES string of the molecule is COc1ccc(CC(=O)N2CC[C@@]34OC[C@@H](C(C)C)N3C(=O)C[C@@H]24)cc1F. The van der Waals surface area contributed by atoms with Crippen LogP contribution >= 0.6 is 0 Å². The van der Waals surface area contributed by atoms with E-state index >= 15 is 0 Å². The van der Waals surface area contributed by atoms with E-state index < -0.39 is 11.5 Å². The van der Waals surface area contributed by atoms with Crippen LogP contribution in [0.2, 0.25) is 0 Å². The number of nitrogens with zero attached hydrogens (tertiary/aromatic N) is 2. The highest BCUT2D eigenvalue weighted by molar-refractivity contribution is 5.85. The van der Waals surface area contributed by atoms with Gasteiger partial charge >= 0.3 is 0 Å². The Morgan fingerprint density at radius 1 is 1.44 bits per heavy atom. The molecule has 4 rings (SSSR count). The lowest BCUT2D eigenvalue weighted by molar-refractivity contribution is -0.141. The van der Waals surface area contributed by atoms with E-state index in [4.69, 9.17) is 9.47 Å². The smallest absolute Gasteiger partial charge is 0.227 e. The fraction of sp³-hybridized carbons (Fsp3) is 0.600. The predicted octanol–water partition coefficient (Wildman–Crippen LogP) is 1.96. The van der Waals surface area contributed by atoms with Gasteiger partial charge in [-0.2, -0.15) is 0 Å². The molecule has 0 unspecified atom stereocenters. The average Bonchev–Trinajstić information content (AvgIpc) is 3.24. The van der Waals surface area contributed by atoms with Crippen LogP contribution in [0, 0.1) is 11.7 Å². The highest BCUT2D eigenvalue weighted by atomic mass is 19.1.